The van der Waals surface area contributed by atoms with Gasteiger partial charge in [0.2, 0.25) is 0 Å². The lowest BCUT2D eigenvalue weighted by Crippen LogP contribution is -2.50. The van der Waals surface area contributed by atoms with Gasteiger partial charge in [0.1, 0.15) is 5.69 Å². The lowest BCUT2D eigenvalue weighted by atomic mass is 10.1. The summed E-state index contributed by atoms with van der Waals surface area (Å²) in [6.45, 7) is 1.25. The van der Waals surface area contributed by atoms with Gasteiger partial charge in [-0.3, -0.25) is 19.7 Å². The third-order valence-corrected chi connectivity index (χ3v) is 5.60. The minimum absolute atomic E-state index is 0.194. The van der Waals surface area contributed by atoms with Crippen molar-refractivity contribution in [2.45, 2.75) is 0 Å². The van der Waals surface area contributed by atoms with E-state index in [9.17, 15) is 19.7 Å². The van der Waals surface area contributed by atoms with Crippen molar-refractivity contribution in [3.8, 4) is 5.69 Å². The zero-order chi connectivity index (χ0) is 22.8. The molecule has 1 aliphatic heterocycles. The first-order chi connectivity index (χ1) is 15.3. The SMILES string of the molecule is O=C(c1cc(Cl)cc(Cl)c1)N1CCN(C(=O)c2ccc(-n3ccnc3)c([N+](=O)[O-])c2)CC1. The molecule has 1 fully saturated rings. The number of benzene rings is 2. The largest absolute Gasteiger partial charge is 0.335 e. The van der Waals surface area contributed by atoms with Crippen LogP contribution in [-0.2, 0) is 0 Å². The van der Waals surface area contributed by atoms with Gasteiger partial charge < -0.3 is 14.4 Å². The van der Waals surface area contributed by atoms with E-state index in [0.29, 0.717) is 47.5 Å². The van der Waals surface area contributed by atoms with Gasteiger partial charge in [0.15, 0.2) is 0 Å². The van der Waals surface area contributed by atoms with Gasteiger partial charge in [-0.1, -0.05) is 23.2 Å². The van der Waals surface area contributed by atoms with E-state index in [-0.39, 0.29) is 23.1 Å². The van der Waals surface area contributed by atoms with Gasteiger partial charge in [0.05, 0.1) is 11.3 Å². The van der Waals surface area contributed by atoms with Crippen molar-refractivity contribution in [3.05, 3.63) is 86.4 Å². The quantitative estimate of drug-likeness (QED) is 0.424. The number of nitro groups is 1. The maximum absolute atomic E-state index is 13.0. The van der Waals surface area contributed by atoms with Crippen molar-refractivity contribution in [3.63, 3.8) is 0 Å². The Bertz CT molecular complexity index is 1170. The average Bonchev–Trinajstić information content (AvgIpc) is 3.32. The Balaban J connectivity index is 1.47. The average molecular weight is 474 g/mol. The Labute approximate surface area is 192 Å². The van der Waals surface area contributed by atoms with Gasteiger partial charge >= 0.3 is 0 Å². The van der Waals surface area contributed by atoms with E-state index in [1.54, 1.807) is 40.3 Å². The van der Waals surface area contributed by atoms with E-state index in [1.807, 2.05) is 0 Å². The first kappa shape index (κ1) is 21.8. The number of rotatable bonds is 4. The van der Waals surface area contributed by atoms with E-state index < -0.39 is 4.92 Å². The topological polar surface area (TPSA) is 102 Å². The summed E-state index contributed by atoms with van der Waals surface area (Å²) in [5.41, 5.74) is 0.718. The first-order valence-electron chi connectivity index (χ1n) is 9.65. The molecule has 0 atom stereocenters. The molecule has 11 heteroatoms. The van der Waals surface area contributed by atoms with Crippen LogP contribution in [0.4, 0.5) is 5.69 Å². The Hall–Kier alpha value is -3.43. The second-order valence-electron chi connectivity index (χ2n) is 7.17. The highest BCUT2D eigenvalue weighted by molar-refractivity contribution is 6.35. The molecule has 0 spiro atoms. The second kappa shape index (κ2) is 8.97. The number of hydrogen-bond donors (Lipinski definition) is 0. The maximum atomic E-state index is 13.0. The van der Waals surface area contributed by atoms with E-state index >= 15 is 0 Å². The molecule has 9 nitrogen and oxygen atoms in total. The molecule has 2 heterocycles. The van der Waals surface area contributed by atoms with Crippen molar-refractivity contribution >= 4 is 40.7 Å². The number of halogens is 2. The molecule has 0 aliphatic carbocycles. The number of aromatic nitrogens is 2. The van der Waals surface area contributed by atoms with Crippen LogP contribution in [0.3, 0.4) is 0 Å². The summed E-state index contributed by atoms with van der Waals surface area (Å²) in [4.78, 5) is 43.8. The summed E-state index contributed by atoms with van der Waals surface area (Å²) in [5, 5.41) is 12.3. The van der Waals surface area contributed by atoms with Crippen molar-refractivity contribution in [2.75, 3.05) is 26.2 Å². The van der Waals surface area contributed by atoms with Crippen LogP contribution >= 0.6 is 23.2 Å². The van der Waals surface area contributed by atoms with Gasteiger partial charge in [-0.05, 0) is 30.3 Å². The molecule has 0 radical (unpaired) electrons. The van der Waals surface area contributed by atoms with Gasteiger partial charge in [0, 0.05) is 65.8 Å². The molecule has 2 aromatic carbocycles. The summed E-state index contributed by atoms with van der Waals surface area (Å²) >= 11 is 12.0. The minimum atomic E-state index is -0.529. The molecule has 3 aromatic rings. The molecule has 164 valence electrons. The predicted octanol–water partition coefficient (Wildman–Crippen LogP) is 3.69. The smallest absolute Gasteiger partial charge is 0.294 e. The molecule has 1 aromatic heterocycles. The number of imidazole rings is 1. The summed E-state index contributed by atoms with van der Waals surface area (Å²) in [6, 6.07) is 8.99. The highest BCUT2D eigenvalue weighted by Gasteiger charge is 2.27. The van der Waals surface area contributed by atoms with Crippen LogP contribution < -0.4 is 0 Å². The molecule has 4 rings (SSSR count). The van der Waals surface area contributed by atoms with Crippen LogP contribution in [0.25, 0.3) is 5.69 Å². The minimum Gasteiger partial charge on any atom is -0.335 e. The Kier molecular flexibility index (Phi) is 6.11. The molecule has 0 saturated carbocycles. The Morgan fingerprint density at radius 3 is 2.03 bits per heavy atom. The lowest BCUT2D eigenvalue weighted by molar-refractivity contribution is -0.384. The van der Waals surface area contributed by atoms with Gasteiger partial charge in [-0.25, -0.2) is 4.98 Å². The third kappa shape index (κ3) is 4.44. The van der Waals surface area contributed by atoms with Crippen LogP contribution in [0.15, 0.2) is 55.1 Å². The fourth-order valence-corrected chi connectivity index (χ4v) is 4.10. The third-order valence-electron chi connectivity index (χ3n) is 5.17. The number of piperazine rings is 1. The number of carbonyl (C=O) groups excluding carboxylic acids is 2. The number of carbonyl (C=O) groups is 2. The zero-order valence-corrected chi connectivity index (χ0v) is 18.2. The van der Waals surface area contributed by atoms with Crippen LogP contribution in [0.2, 0.25) is 10.0 Å². The molecular weight excluding hydrogens is 457 g/mol. The number of amides is 2. The van der Waals surface area contributed by atoms with Crippen molar-refractivity contribution in [1.29, 1.82) is 0 Å². The monoisotopic (exact) mass is 473 g/mol. The highest BCUT2D eigenvalue weighted by atomic mass is 35.5. The highest BCUT2D eigenvalue weighted by Crippen LogP contribution is 2.25. The fourth-order valence-electron chi connectivity index (χ4n) is 3.58. The molecule has 1 saturated heterocycles. The Morgan fingerprint density at radius 1 is 0.906 bits per heavy atom. The summed E-state index contributed by atoms with van der Waals surface area (Å²) in [5.74, 6) is -0.551. The van der Waals surface area contributed by atoms with Crippen molar-refractivity contribution in [1.82, 2.24) is 19.4 Å². The summed E-state index contributed by atoms with van der Waals surface area (Å²) in [6.07, 6.45) is 4.56. The standard InChI is InChI=1S/C21H17Cl2N5O4/c22-16-9-15(10-17(23)12-16)21(30)26-7-5-25(6-8-26)20(29)14-1-2-18(19(11-14)28(31)32)27-4-3-24-13-27/h1-4,9-13H,5-8H2. The van der Waals surface area contributed by atoms with Crippen LogP contribution in [0, 0.1) is 10.1 Å². The van der Waals surface area contributed by atoms with Crippen LogP contribution in [-0.4, -0.2) is 62.3 Å². The molecule has 0 N–H and O–H groups in total. The van der Waals surface area contributed by atoms with E-state index in [4.69, 9.17) is 23.2 Å². The van der Waals surface area contributed by atoms with E-state index in [0.717, 1.165) is 0 Å². The van der Waals surface area contributed by atoms with Gasteiger partial charge in [0.25, 0.3) is 17.5 Å². The molecular formula is C21H17Cl2N5O4. The van der Waals surface area contributed by atoms with Crippen molar-refractivity contribution < 1.29 is 14.5 Å². The second-order valence-corrected chi connectivity index (χ2v) is 8.05. The predicted molar refractivity (Wildman–Crippen MR) is 118 cm³/mol. The molecule has 1 aliphatic rings. The normalized spacial score (nSPS) is 13.8. The fraction of sp³-hybridized carbons (Fsp3) is 0.190. The van der Waals surface area contributed by atoms with E-state index in [1.165, 1.54) is 29.2 Å². The zero-order valence-electron chi connectivity index (χ0n) is 16.6. The van der Waals surface area contributed by atoms with E-state index in [2.05, 4.69) is 4.98 Å². The summed E-state index contributed by atoms with van der Waals surface area (Å²) in [7, 11) is 0. The molecule has 2 amide bonds. The molecule has 0 unspecified atom stereocenters. The molecule has 32 heavy (non-hydrogen) atoms. The molecule has 0 bridgehead atoms. The van der Waals surface area contributed by atoms with Gasteiger partial charge in [-0.2, -0.15) is 0 Å². The number of nitro benzene ring substituents is 1. The van der Waals surface area contributed by atoms with Crippen molar-refractivity contribution in [2.24, 2.45) is 0 Å². The van der Waals surface area contributed by atoms with Crippen LogP contribution in [0.1, 0.15) is 20.7 Å². The Morgan fingerprint density at radius 2 is 1.50 bits per heavy atom. The first-order valence-corrected chi connectivity index (χ1v) is 10.4. The number of nitrogens with zero attached hydrogens (tertiary/aromatic N) is 5. The lowest BCUT2D eigenvalue weighted by Gasteiger charge is -2.35. The van der Waals surface area contributed by atoms with Gasteiger partial charge in [-0.15, -0.1) is 0 Å². The maximum Gasteiger partial charge on any atom is 0.294 e. The van der Waals surface area contributed by atoms with Crippen LogP contribution in [0.5, 0.6) is 0 Å². The summed E-state index contributed by atoms with van der Waals surface area (Å²) < 4.78 is 1.51. The number of hydrogen-bond acceptors (Lipinski definition) is 5.